The van der Waals surface area contributed by atoms with Crippen molar-refractivity contribution < 1.29 is 23.8 Å². The number of nitriles is 1. The Hall–Kier alpha value is -3.56. The molecule has 216 valence electrons. The fourth-order valence-corrected chi connectivity index (χ4v) is 5.24. The van der Waals surface area contributed by atoms with Gasteiger partial charge in [-0.3, -0.25) is 9.89 Å². The summed E-state index contributed by atoms with van der Waals surface area (Å²) in [5.41, 5.74) is 2.03. The van der Waals surface area contributed by atoms with Gasteiger partial charge in [-0.1, -0.05) is 6.07 Å². The van der Waals surface area contributed by atoms with Crippen molar-refractivity contribution in [2.75, 3.05) is 45.3 Å². The third kappa shape index (κ3) is 7.14. The lowest BCUT2D eigenvalue weighted by atomic mass is 9.97. The zero-order valence-electron chi connectivity index (χ0n) is 22.9. The number of aliphatic carboxylic acids is 1. The minimum Gasteiger partial charge on any atom is -0.480 e. The number of hydrogen-bond donors (Lipinski definition) is 4. The quantitative estimate of drug-likeness (QED) is 0.228. The van der Waals surface area contributed by atoms with Crippen molar-refractivity contribution in [2.45, 2.75) is 68.9 Å². The van der Waals surface area contributed by atoms with Gasteiger partial charge in [-0.25, -0.2) is 14.2 Å². The minimum absolute atomic E-state index is 0.145. The maximum atomic E-state index is 13.5. The number of anilines is 1. The van der Waals surface area contributed by atoms with Crippen molar-refractivity contribution in [3.8, 4) is 6.07 Å². The Balaban J connectivity index is 1.32. The number of carboxylic acid groups (broad SMARTS) is 1. The zero-order valence-corrected chi connectivity index (χ0v) is 22.9. The van der Waals surface area contributed by atoms with E-state index in [4.69, 9.17) is 9.72 Å². The van der Waals surface area contributed by atoms with Crippen LogP contribution >= 0.6 is 0 Å². The molecule has 4 N–H and O–H groups in total. The lowest BCUT2D eigenvalue weighted by molar-refractivity contribution is -0.142. The largest absolute Gasteiger partial charge is 0.480 e. The molecule has 40 heavy (non-hydrogen) atoms. The van der Waals surface area contributed by atoms with Gasteiger partial charge in [-0.2, -0.15) is 10.4 Å². The molecule has 2 aromatic rings. The molecule has 12 heteroatoms. The maximum absolute atomic E-state index is 13.5. The summed E-state index contributed by atoms with van der Waals surface area (Å²) in [6, 6.07) is 5.11. The van der Waals surface area contributed by atoms with Crippen molar-refractivity contribution in [1.82, 2.24) is 25.4 Å². The lowest BCUT2D eigenvalue weighted by Crippen LogP contribution is -2.48. The second-order valence-corrected chi connectivity index (χ2v) is 10.6. The Morgan fingerprint density at radius 3 is 2.85 bits per heavy atom. The number of aromatic amines is 1. The Bertz CT molecular complexity index is 1210. The second-order valence-electron chi connectivity index (χ2n) is 10.6. The van der Waals surface area contributed by atoms with E-state index in [1.807, 2.05) is 11.0 Å². The molecule has 0 radical (unpaired) electrons. The molecule has 4 rings (SSSR count). The summed E-state index contributed by atoms with van der Waals surface area (Å²) in [6.45, 7) is 1.59. The number of hydrogen-bond acceptors (Lipinski definition) is 8. The molecule has 2 aromatic heterocycles. The van der Waals surface area contributed by atoms with Crippen molar-refractivity contribution in [1.29, 1.82) is 5.26 Å². The van der Waals surface area contributed by atoms with Crippen LogP contribution in [0.2, 0.25) is 0 Å². The number of aryl methyl sites for hydroxylation is 2. The van der Waals surface area contributed by atoms with E-state index in [0.29, 0.717) is 38.2 Å². The molecule has 2 unspecified atom stereocenters. The number of rotatable bonds is 16. The number of carbonyl (C=O) groups is 2. The standard InChI is InChI=1S/C28H38FN7O4/c1-40-22(15-29)18-36(13-3-2-6-21-8-7-19-5-4-12-31-25(19)33-21)14-9-23(26(37)38)34-27(39)28(10-11-28)24-20(16-30)17-32-35-24/h7-8,17,22-23H,2-6,9-15,18H2,1H3,(H,31,33)(H,32,35)(H,34,39)(H,37,38). The van der Waals surface area contributed by atoms with Gasteiger partial charge < -0.3 is 25.4 Å². The number of nitrogens with zero attached hydrogens (tertiary/aromatic N) is 4. The van der Waals surface area contributed by atoms with Crippen LogP contribution in [0, 0.1) is 11.3 Å². The van der Waals surface area contributed by atoms with Crippen LogP contribution in [0.15, 0.2) is 18.3 Å². The van der Waals surface area contributed by atoms with E-state index in [9.17, 15) is 24.3 Å². The van der Waals surface area contributed by atoms with Gasteiger partial charge in [0.05, 0.1) is 29.0 Å². The van der Waals surface area contributed by atoms with Gasteiger partial charge in [0, 0.05) is 32.4 Å². The fraction of sp³-hybridized carbons (Fsp3) is 0.607. The summed E-state index contributed by atoms with van der Waals surface area (Å²) in [7, 11) is 1.46. The van der Waals surface area contributed by atoms with Crippen molar-refractivity contribution >= 4 is 17.7 Å². The van der Waals surface area contributed by atoms with Crippen molar-refractivity contribution in [2.24, 2.45) is 0 Å². The van der Waals surface area contributed by atoms with Gasteiger partial charge in [-0.05, 0) is 69.5 Å². The van der Waals surface area contributed by atoms with Crippen molar-refractivity contribution in [3.63, 3.8) is 0 Å². The van der Waals surface area contributed by atoms with Crippen LogP contribution < -0.4 is 10.6 Å². The first kappa shape index (κ1) is 29.4. The van der Waals surface area contributed by atoms with E-state index in [2.05, 4.69) is 33.0 Å². The van der Waals surface area contributed by atoms with Gasteiger partial charge in [0.15, 0.2) is 0 Å². The Labute approximate surface area is 233 Å². The highest BCUT2D eigenvalue weighted by Gasteiger charge is 2.54. The van der Waals surface area contributed by atoms with Gasteiger partial charge in [-0.15, -0.1) is 0 Å². The van der Waals surface area contributed by atoms with E-state index >= 15 is 0 Å². The number of amides is 1. The van der Waals surface area contributed by atoms with Crippen molar-refractivity contribution in [3.05, 3.63) is 40.8 Å². The van der Waals surface area contributed by atoms with Gasteiger partial charge >= 0.3 is 5.97 Å². The number of nitrogens with one attached hydrogen (secondary N) is 3. The number of aromatic nitrogens is 3. The predicted molar refractivity (Wildman–Crippen MR) is 146 cm³/mol. The summed E-state index contributed by atoms with van der Waals surface area (Å²) in [5.74, 6) is -0.602. The summed E-state index contributed by atoms with van der Waals surface area (Å²) < 4.78 is 18.7. The number of fused-ring (bicyclic) bond motifs is 1. The first-order valence-electron chi connectivity index (χ1n) is 13.9. The maximum Gasteiger partial charge on any atom is 0.326 e. The van der Waals surface area contributed by atoms with Crippen LogP contribution in [0.25, 0.3) is 0 Å². The normalized spacial score (nSPS) is 16.9. The van der Waals surface area contributed by atoms with Crippen LogP contribution in [0.1, 0.15) is 61.0 Å². The molecule has 0 saturated heterocycles. The summed E-state index contributed by atoms with van der Waals surface area (Å²) in [6.07, 6.45) is 6.58. The number of ether oxygens (including phenoxy) is 1. The molecule has 1 aliphatic carbocycles. The molecule has 11 nitrogen and oxygen atoms in total. The Morgan fingerprint density at radius 2 is 2.15 bits per heavy atom. The van der Waals surface area contributed by atoms with Gasteiger partial charge in [0.1, 0.15) is 24.6 Å². The number of methoxy groups -OCH3 is 1. The minimum atomic E-state index is -1.14. The molecule has 1 saturated carbocycles. The third-order valence-electron chi connectivity index (χ3n) is 7.84. The number of halogens is 1. The number of carbonyl (C=O) groups excluding carboxylic acids is 1. The number of H-pyrrole nitrogens is 1. The second kappa shape index (κ2) is 13.7. The zero-order chi connectivity index (χ0) is 28.5. The van der Waals surface area contributed by atoms with E-state index in [0.717, 1.165) is 50.2 Å². The van der Waals surface area contributed by atoms with E-state index < -0.39 is 36.1 Å². The monoisotopic (exact) mass is 555 g/mol. The predicted octanol–water partition coefficient (Wildman–Crippen LogP) is 2.33. The van der Waals surface area contributed by atoms with E-state index in [1.165, 1.54) is 18.9 Å². The van der Waals surface area contributed by atoms with Crippen LogP contribution in [0.3, 0.4) is 0 Å². The molecular weight excluding hydrogens is 517 g/mol. The molecule has 0 aromatic carbocycles. The summed E-state index contributed by atoms with van der Waals surface area (Å²) in [4.78, 5) is 31.9. The molecule has 1 fully saturated rings. The van der Waals surface area contributed by atoms with Crippen LogP contribution in [0.5, 0.6) is 0 Å². The lowest BCUT2D eigenvalue weighted by Gasteiger charge is -2.27. The molecule has 3 heterocycles. The van der Waals surface area contributed by atoms with E-state index in [1.54, 1.807) is 0 Å². The highest BCUT2D eigenvalue weighted by Crippen LogP contribution is 2.48. The van der Waals surface area contributed by atoms with Crippen LogP contribution in [-0.2, 0) is 32.6 Å². The molecule has 0 bridgehead atoms. The molecular formula is C28H38FN7O4. The summed E-state index contributed by atoms with van der Waals surface area (Å²) >= 11 is 0. The van der Waals surface area contributed by atoms with Gasteiger partial charge in [0.2, 0.25) is 5.91 Å². The number of unbranched alkanes of at least 4 members (excludes halogenated alkanes) is 1. The van der Waals surface area contributed by atoms with Gasteiger partial charge in [0.25, 0.3) is 0 Å². The smallest absolute Gasteiger partial charge is 0.326 e. The van der Waals surface area contributed by atoms with Crippen LogP contribution in [-0.4, -0.2) is 89.2 Å². The SMILES string of the molecule is COC(CF)CN(CCCCc1ccc2c(n1)NCCC2)CCC(NC(=O)C1(c2[nH]ncc2C#N)CC1)C(=O)O. The van der Waals surface area contributed by atoms with E-state index in [-0.39, 0.29) is 12.0 Å². The average Bonchev–Trinajstić information content (AvgIpc) is 3.64. The molecule has 0 spiro atoms. The third-order valence-corrected chi connectivity index (χ3v) is 7.84. The Morgan fingerprint density at radius 1 is 1.32 bits per heavy atom. The average molecular weight is 556 g/mol. The fourth-order valence-electron chi connectivity index (χ4n) is 5.24. The molecule has 2 atom stereocenters. The number of pyridine rings is 1. The van der Waals surface area contributed by atoms with Crippen LogP contribution in [0.4, 0.5) is 10.2 Å². The first-order valence-corrected chi connectivity index (χ1v) is 13.9. The summed E-state index contributed by atoms with van der Waals surface area (Å²) in [5, 5.41) is 31.8. The molecule has 1 aliphatic heterocycles. The highest BCUT2D eigenvalue weighted by atomic mass is 19.1. The number of carboxylic acids is 1. The Kier molecular flexibility index (Phi) is 10.1. The molecule has 2 aliphatic rings. The topological polar surface area (TPSA) is 156 Å². The highest BCUT2D eigenvalue weighted by molar-refractivity contribution is 5.94. The number of alkyl halides is 1. The molecule has 1 amide bonds. The first-order chi connectivity index (χ1) is 19.4.